The molecule has 0 unspecified atom stereocenters. The molecule has 1 rings (SSSR count). The number of nitrogens with zero attached hydrogens (tertiary/aromatic N) is 1. The van der Waals surface area contributed by atoms with E-state index in [-0.39, 0.29) is 24.7 Å². The minimum atomic E-state index is -0.627. The number of primary amides is 1. The Labute approximate surface area is 115 Å². The molecule has 3 amide bonds. The summed E-state index contributed by atoms with van der Waals surface area (Å²) in [6.45, 7) is 0.591. The zero-order valence-electron chi connectivity index (χ0n) is 10.8. The Morgan fingerprint density at radius 2 is 1.70 bits per heavy atom. The quantitative estimate of drug-likeness (QED) is 0.151. The van der Waals surface area contributed by atoms with Crippen molar-refractivity contribution in [3.8, 4) is 0 Å². The van der Waals surface area contributed by atoms with Crippen molar-refractivity contribution < 1.29 is 14.8 Å². The summed E-state index contributed by atoms with van der Waals surface area (Å²) in [6, 6.07) is 6.12. The van der Waals surface area contributed by atoms with Crippen molar-refractivity contribution in [1.29, 1.82) is 0 Å². The Balaban J connectivity index is 2.40. The standard InChI is InChI=1S/C12H17N5O3/c13-11(17-20)9-3-1-8(2-4-9)7-10(18)15-5-6-16-12(14)19/h1-4,20H,5-7H2,(H2,13,17)(H,15,18)(H3,14,16,19). The summed E-state index contributed by atoms with van der Waals surface area (Å²) in [6.07, 6.45) is 0.201. The summed E-state index contributed by atoms with van der Waals surface area (Å²) in [4.78, 5) is 22.0. The molecular formula is C12H17N5O3. The van der Waals surface area contributed by atoms with E-state index in [9.17, 15) is 9.59 Å². The summed E-state index contributed by atoms with van der Waals surface area (Å²) in [5, 5.41) is 16.4. The first-order valence-electron chi connectivity index (χ1n) is 5.89. The van der Waals surface area contributed by atoms with Crippen molar-refractivity contribution in [3.05, 3.63) is 35.4 Å². The van der Waals surface area contributed by atoms with E-state index >= 15 is 0 Å². The van der Waals surface area contributed by atoms with Gasteiger partial charge in [-0.3, -0.25) is 4.79 Å². The SMILES string of the molecule is NC(=O)NCCNC(=O)Cc1ccc(/C(N)=N/O)cc1. The van der Waals surface area contributed by atoms with Gasteiger partial charge in [0.1, 0.15) is 0 Å². The molecule has 8 heteroatoms. The molecular weight excluding hydrogens is 262 g/mol. The minimum Gasteiger partial charge on any atom is -0.409 e. The molecule has 0 aliphatic carbocycles. The first-order chi connectivity index (χ1) is 9.52. The maximum atomic E-state index is 11.6. The third-order valence-corrected chi connectivity index (χ3v) is 2.47. The Hall–Kier alpha value is -2.77. The van der Waals surface area contributed by atoms with Crippen molar-refractivity contribution in [2.24, 2.45) is 16.6 Å². The van der Waals surface area contributed by atoms with Gasteiger partial charge in [-0.05, 0) is 5.56 Å². The number of benzene rings is 1. The van der Waals surface area contributed by atoms with Gasteiger partial charge in [0.2, 0.25) is 5.91 Å². The number of amides is 3. The van der Waals surface area contributed by atoms with Crippen LogP contribution >= 0.6 is 0 Å². The van der Waals surface area contributed by atoms with Crippen LogP contribution in [-0.2, 0) is 11.2 Å². The zero-order valence-corrected chi connectivity index (χ0v) is 10.8. The molecule has 1 aromatic carbocycles. The van der Waals surface area contributed by atoms with Crippen LogP contribution in [0, 0.1) is 0 Å². The van der Waals surface area contributed by atoms with Crippen LogP contribution in [0.4, 0.5) is 4.79 Å². The van der Waals surface area contributed by atoms with Gasteiger partial charge in [-0.15, -0.1) is 0 Å². The van der Waals surface area contributed by atoms with Gasteiger partial charge in [0.05, 0.1) is 6.42 Å². The highest BCUT2D eigenvalue weighted by atomic mass is 16.4. The summed E-state index contributed by atoms with van der Waals surface area (Å²) in [5.74, 6) is -0.161. The number of hydrogen-bond donors (Lipinski definition) is 5. The fourth-order valence-corrected chi connectivity index (χ4v) is 1.49. The summed E-state index contributed by atoms with van der Waals surface area (Å²) in [5.41, 5.74) is 11.7. The van der Waals surface area contributed by atoms with Gasteiger partial charge in [0, 0.05) is 18.7 Å². The lowest BCUT2D eigenvalue weighted by molar-refractivity contribution is -0.120. The largest absolute Gasteiger partial charge is 0.409 e. The second-order valence-corrected chi connectivity index (χ2v) is 4.00. The number of nitrogens with two attached hydrogens (primary N) is 2. The Morgan fingerprint density at radius 1 is 1.10 bits per heavy atom. The monoisotopic (exact) mass is 279 g/mol. The molecule has 0 spiro atoms. The molecule has 0 aromatic heterocycles. The van der Waals surface area contributed by atoms with E-state index in [1.807, 2.05) is 0 Å². The number of carbonyl (C=O) groups is 2. The van der Waals surface area contributed by atoms with Gasteiger partial charge in [0.15, 0.2) is 5.84 Å². The van der Waals surface area contributed by atoms with Crippen LogP contribution in [-0.4, -0.2) is 36.1 Å². The molecule has 1 aromatic rings. The molecule has 0 bridgehead atoms. The van der Waals surface area contributed by atoms with Crippen molar-refractivity contribution in [2.45, 2.75) is 6.42 Å². The van der Waals surface area contributed by atoms with E-state index in [1.165, 1.54) is 0 Å². The predicted octanol–water partition coefficient (Wildman–Crippen LogP) is -0.892. The highest BCUT2D eigenvalue weighted by Gasteiger charge is 2.04. The van der Waals surface area contributed by atoms with Crippen molar-refractivity contribution in [3.63, 3.8) is 0 Å². The van der Waals surface area contributed by atoms with Gasteiger partial charge < -0.3 is 27.3 Å². The molecule has 20 heavy (non-hydrogen) atoms. The molecule has 0 fully saturated rings. The second kappa shape index (κ2) is 7.62. The predicted molar refractivity (Wildman–Crippen MR) is 73.3 cm³/mol. The minimum absolute atomic E-state index is 0.0125. The van der Waals surface area contributed by atoms with Gasteiger partial charge in [-0.2, -0.15) is 0 Å². The number of nitrogens with one attached hydrogen (secondary N) is 2. The maximum Gasteiger partial charge on any atom is 0.312 e. The maximum absolute atomic E-state index is 11.6. The van der Waals surface area contributed by atoms with Crippen LogP contribution in [0.25, 0.3) is 0 Å². The normalized spacial score (nSPS) is 10.9. The third-order valence-electron chi connectivity index (χ3n) is 2.47. The second-order valence-electron chi connectivity index (χ2n) is 4.00. The van der Waals surface area contributed by atoms with E-state index in [4.69, 9.17) is 16.7 Å². The summed E-state index contributed by atoms with van der Waals surface area (Å²) in [7, 11) is 0. The molecule has 0 atom stereocenters. The van der Waals surface area contributed by atoms with Crippen LogP contribution in [0.3, 0.4) is 0 Å². The summed E-state index contributed by atoms with van der Waals surface area (Å²) < 4.78 is 0. The number of urea groups is 1. The van der Waals surface area contributed by atoms with Crippen LogP contribution in [0.5, 0.6) is 0 Å². The van der Waals surface area contributed by atoms with Gasteiger partial charge in [-0.25, -0.2) is 4.79 Å². The molecule has 7 N–H and O–H groups in total. The Kier molecular flexibility index (Phi) is 5.82. The van der Waals surface area contributed by atoms with Crippen LogP contribution in [0.2, 0.25) is 0 Å². The smallest absolute Gasteiger partial charge is 0.312 e. The number of rotatable bonds is 6. The van der Waals surface area contributed by atoms with E-state index in [2.05, 4.69) is 15.8 Å². The van der Waals surface area contributed by atoms with Crippen molar-refractivity contribution >= 4 is 17.8 Å². The molecule has 0 heterocycles. The van der Waals surface area contributed by atoms with Gasteiger partial charge in [0.25, 0.3) is 0 Å². The lowest BCUT2D eigenvalue weighted by atomic mass is 10.1. The number of amidine groups is 1. The Bertz CT molecular complexity index is 498. The molecule has 0 radical (unpaired) electrons. The highest BCUT2D eigenvalue weighted by molar-refractivity contribution is 5.97. The van der Waals surface area contributed by atoms with Crippen LogP contribution in [0.15, 0.2) is 29.4 Å². The topological polar surface area (TPSA) is 143 Å². The van der Waals surface area contributed by atoms with Gasteiger partial charge in [-0.1, -0.05) is 29.4 Å². The molecule has 0 aliphatic rings. The van der Waals surface area contributed by atoms with Gasteiger partial charge >= 0.3 is 6.03 Å². The molecule has 8 nitrogen and oxygen atoms in total. The van der Waals surface area contributed by atoms with Crippen molar-refractivity contribution in [2.75, 3.05) is 13.1 Å². The average Bonchev–Trinajstić information content (AvgIpc) is 2.43. The van der Waals surface area contributed by atoms with Crippen molar-refractivity contribution in [1.82, 2.24) is 10.6 Å². The molecule has 0 aliphatic heterocycles. The van der Waals surface area contributed by atoms with Crippen LogP contribution < -0.4 is 22.1 Å². The van der Waals surface area contributed by atoms with E-state index in [0.29, 0.717) is 12.1 Å². The van der Waals surface area contributed by atoms with E-state index in [1.54, 1.807) is 24.3 Å². The fraction of sp³-hybridized carbons (Fsp3) is 0.250. The fourth-order valence-electron chi connectivity index (χ4n) is 1.49. The Morgan fingerprint density at radius 3 is 2.25 bits per heavy atom. The lowest BCUT2D eigenvalue weighted by Crippen LogP contribution is -2.37. The van der Waals surface area contributed by atoms with E-state index < -0.39 is 6.03 Å². The zero-order chi connectivity index (χ0) is 15.0. The number of oxime groups is 1. The summed E-state index contributed by atoms with van der Waals surface area (Å²) >= 11 is 0. The first kappa shape index (κ1) is 15.3. The van der Waals surface area contributed by atoms with Crippen LogP contribution in [0.1, 0.15) is 11.1 Å². The molecule has 0 saturated heterocycles. The van der Waals surface area contributed by atoms with E-state index in [0.717, 1.165) is 5.56 Å². The lowest BCUT2D eigenvalue weighted by Gasteiger charge is -2.06. The average molecular weight is 279 g/mol. The first-order valence-corrected chi connectivity index (χ1v) is 5.89. The molecule has 0 saturated carbocycles. The molecule has 108 valence electrons. The third kappa shape index (κ3) is 5.25. The number of carbonyl (C=O) groups excluding carboxylic acids is 2. The highest BCUT2D eigenvalue weighted by Crippen LogP contribution is 2.05. The number of hydrogen-bond acceptors (Lipinski definition) is 4.